The Hall–Kier alpha value is -2.41. The molecule has 0 saturated carbocycles. The van der Waals surface area contributed by atoms with Crippen molar-refractivity contribution in [3.63, 3.8) is 0 Å². The molecule has 1 aromatic carbocycles. The third-order valence-corrected chi connectivity index (χ3v) is 3.61. The van der Waals surface area contributed by atoms with Crippen molar-refractivity contribution in [2.75, 3.05) is 6.61 Å². The van der Waals surface area contributed by atoms with Crippen LogP contribution in [0.5, 0.6) is 5.88 Å². The van der Waals surface area contributed by atoms with Crippen LogP contribution in [-0.4, -0.2) is 20.9 Å². The lowest BCUT2D eigenvalue weighted by atomic mass is 10.2. The number of rotatable bonds is 5. The Morgan fingerprint density at radius 1 is 1.35 bits per heavy atom. The topological polar surface area (TPSA) is 69.7 Å². The molecule has 0 amide bonds. The third kappa shape index (κ3) is 2.35. The van der Waals surface area contributed by atoms with Gasteiger partial charge in [0.15, 0.2) is 0 Å². The van der Waals surface area contributed by atoms with Gasteiger partial charge in [0.1, 0.15) is 6.20 Å². The highest BCUT2D eigenvalue weighted by Gasteiger charge is 2.24. The maximum Gasteiger partial charge on any atom is 0.393 e. The summed E-state index contributed by atoms with van der Waals surface area (Å²) in [6.45, 7) is 0.357. The van der Waals surface area contributed by atoms with E-state index >= 15 is 0 Å². The Balaban J connectivity index is 1.75. The highest BCUT2D eigenvalue weighted by atomic mass is 32.1. The van der Waals surface area contributed by atoms with E-state index in [0.29, 0.717) is 18.0 Å². The number of nitro groups is 1. The monoisotopic (exact) mass is 289 g/mol. The Labute approximate surface area is 118 Å². The quantitative estimate of drug-likeness (QED) is 0.535. The van der Waals surface area contributed by atoms with Crippen LogP contribution in [-0.2, 0) is 6.42 Å². The van der Waals surface area contributed by atoms with Crippen LogP contribution in [0.2, 0.25) is 0 Å². The fraction of sp³-hybridized carbons (Fsp3) is 0.154. The van der Waals surface area contributed by atoms with Crippen molar-refractivity contribution in [2.45, 2.75) is 6.42 Å². The van der Waals surface area contributed by atoms with E-state index in [4.69, 9.17) is 4.74 Å². The first-order valence-corrected chi connectivity index (χ1v) is 6.90. The Morgan fingerprint density at radius 3 is 2.90 bits per heavy atom. The van der Waals surface area contributed by atoms with E-state index in [2.05, 4.69) is 4.98 Å². The van der Waals surface area contributed by atoms with Crippen LogP contribution >= 0.6 is 11.3 Å². The molecule has 0 aliphatic rings. The molecule has 3 rings (SSSR count). The standard InChI is InChI=1S/C13H11N3O3S/c17-16(18)12-11(14-13-15(12)7-9-20-13)19-8-6-10-4-2-1-3-5-10/h1-5,7,9H,6,8H2. The maximum atomic E-state index is 11.1. The number of thiazole rings is 1. The second kappa shape index (κ2) is 5.30. The van der Waals surface area contributed by atoms with Gasteiger partial charge in [-0.1, -0.05) is 41.7 Å². The Kier molecular flexibility index (Phi) is 3.34. The van der Waals surface area contributed by atoms with Crippen molar-refractivity contribution in [3.05, 3.63) is 57.6 Å². The molecule has 0 unspecified atom stereocenters. The molecule has 7 heteroatoms. The Bertz CT molecular complexity index is 736. The molecule has 2 heterocycles. The second-order valence-corrected chi connectivity index (χ2v) is 5.01. The van der Waals surface area contributed by atoms with Gasteiger partial charge in [0.05, 0.1) is 6.61 Å². The van der Waals surface area contributed by atoms with Crippen molar-refractivity contribution in [1.29, 1.82) is 0 Å². The molecular formula is C13H11N3O3S. The van der Waals surface area contributed by atoms with Gasteiger partial charge in [-0.25, -0.2) is 0 Å². The summed E-state index contributed by atoms with van der Waals surface area (Å²) in [7, 11) is 0. The minimum atomic E-state index is -0.468. The fourth-order valence-corrected chi connectivity index (χ4v) is 2.63. The summed E-state index contributed by atoms with van der Waals surface area (Å²) in [6, 6.07) is 9.82. The van der Waals surface area contributed by atoms with Crippen molar-refractivity contribution in [1.82, 2.24) is 9.38 Å². The predicted octanol–water partition coefficient (Wildman–Crippen LogP) is 2.93. The molecule has 0 spiro atoms. The first kappa shape index (κ1) is 12.6. The first-order chi connectivity index (χ1) is 9.75. The van der Waals surface area contributed by atoms with Crippen molar-refractivity contribution < 1.29 is 9.66 Å². The molecule has 0 aliphatic heterocycles. The summed E-state index contributed by atoms with van der Waals surface area (Å²) in [4.78, 5) is 15.3. The van der Waals surface area contributed by atoms with Crippen LogP contribution in [0.25, 0.3) is 4.96 Å². The molecule has 0 radical (unpaired) electrons. The number of aromatic nitrogens is 2. The molecule has 0 saturated heterocycles. The van der Waals surface area contributed by atoms with E-state index in [1.54, 1.807) is 11.6 Å². The fourth-order valence-electron chi connectivity index (χ4n) is 1.93. The highest BCUT2D eigenvalue weighted by Crippen LogP contribution is 2.29. The van der Waals surface area contributed by atoms with Crippen LogP contribution in [0.3, 0.4) is 0 Å². The average Bonchev–Trinajstić information content (AvgIpc) is 2.99. The van der Waals surface area contributed by atoms with Gasteiger partial charge >= 0.3 is 11.7 Å². The van der Waals surface area contributed by atoms with Crippen LogP contribution in [0.1, 0.15) is 5.56 Å². The van der Waals surface area contributed by atoms with Crippen LogP contribution in [0.15, 0.2) is 41.9 Å². The Morgan fingerprint density at radius 2 is 2.15 bits per heavy atom. The molecule has 20 heavy (non-hydrogen) atoms. The van der Waals surface area contributed by atoms with Crippen molar-refractivity contribution in [3.8, 4) is 5.88 Å². The number of fused-ring (bicyclic) bond motifs is 1. The smallest absolute Gasteiger partial charge is 0.393 e. The van der Waals surface area contributed by atoms with Crippen LogP contribution < -0.4 is 4.74 Å². The van der Waals surface area contributed by atoms with Crippen molar-refractivity contribution in [2.24, 2.45) is 0 Å². The average molecular weight is 289 g/mol. The zero-order valence-electron chi connectivity index (χ0n) is 10.4. The molecule has 6 nitrogen and oxygen atoms in total. The maximum absolute atomic E-state index is 11.1. The predicted molar refractivity (Wildman–Crippen MR) is 75.4 cm³/mol. The number of nitrogens with zero attached hydrogens (tertiary/aromatic N) is 3. The highest BCUT2D eigenvalue weighted by molar-refractivity contribution is 7.15. The van der Waals surface area contributed by atoms with Gasteiger partial charge in [-0.05, 0) is 10.5 Å². The molecule has 0 atom stereocenters. The van der Waals surface area contributed by atoms with Crippen molar-refractivity contribution >= 4 is 22.1 Å². The second-order valence-electron chi connectivity index (χ2n) is 4.14. The summed E-state index contributed by atoms with van der Waals surface area (Å²) in [5.41, 5.74) is 1.12. The zero-order chi connectivity index (χ0) is 13.9. The lowest BCUT2D eigenvalue weighted by Crippen LogP contribution is -2.03. The van der Waals surface area contributed by atoms with E-state index in [1.807, 2.05) is 30.3 Å². The minimum absolute atomic E-state index is 0.0813. The molecule has 0 fully saturated rings. The van der Waals surface area contributed by atoms with Gasteiger partial charge in [-0.15, -0.1) is 0 Å². The van der Waals surface area contributed by atoms with E-state index in [1.165, 1.54) is 15.7 Å². The molecule has 2 aromatic heterocycles. The van der Waals surface area contributed by atoms with Gasteiger partial charge in [0, 0.05) is 11.8 Å². The van der Waals surface area contributed by atoms with E-state index in [9.17, 15) is 10.1 Å². The molecule has 3 aromatic rings. The molecule has 0 bridgehead atoms. The molecule has 102 valence electrons. The number of benzene rings is 1. The number of ether oxygens (including phenoxy) is 1. The normalized spacial score (nSPS) is 10.8. The summed E-state index contributed by atoms with van der Waals surface area (Å²) >= 11 is 1.34. The third-order valence-electron chi connectivity index (χ3n) is 2.85. The largest absolute Gasteiger partial charge is 0.471 e. The van der Waals surface area contributed by atoms with E-state index in [-0.39, 0.29) is 11.7 Å². The summed E-state index contributed by atoms with van der Waals surface area (Å²) < 4.78 is 6.91. The molecule has 0 N–H and O–H groups in total. The number of imidazole rings is 1. The van der Waals surface area contributed by atoms with Gasteiger partial charge < -0.3 is 14.9 Å². The number of hydrogen-bond donors (Lipinski definition) is 0. The molecule has 0 aliphatic carbocycles. The van der Waals surface area contributed by atoms with Gasteiger partial charge in [-0.3, -0.25) is 0 Å². The van der Waals surface area contributed by atoms with Gasteiger partial charge in [0.25, 0.3) is 4.96 Å². The molecular weight excluding hydrogens is 278 g/mol. The first-order valence-electron chi connectivity index (χ1n) is 6.02. The lowest BCUT2D eigenvalue weighted by molar-refractivity contribution is -0.391. The van der Waals surface area contributed by atoms with Gasteiger partial charge in [-0.2, -0.15) is 9.38 Å². The minimum Gasteiger partial charge on any atom is -0.471 e. The summed E-state index contributed by atoms with van der Waals surface area (Å²) in [6.07, 6.45) is 2.30. The van der Waals surface area contributed by atoms with E-state index < -0.39 is 4.92 Å². The summed E-state index contributed by atoms with van der Waals surface area (Å²) in [5.74, 6) is -0.0351. The summed E-state index contributed by atoms with van der Waals surface area (Å²) in [5, 5.41) is 12.9. The van der Waals surface area contributed by atoms with Crippen LogP contribution in [0.4, 0.5) is 5.82 Å². The van der Waals surface area contributed by atoms with Gasteiger partial charge in [0.2, 0.25) is 0 Å². The van der Waals surface area contributed by atoms with E-state index in [0.717, 1.165) is 5.56 Å². The lowest BCUT2D eigenvalue weighted by Gasteiger charge is -2.03. The zero-order valence-corrected chi connectivity index (χ0v) is 11.2. The number of hydrogen-bond acceptors (Lipinski definition) is 5. The van der Waals surface area contributed by atoms with Crippen LogP contribution in [0, 0.1) is 10.1 Å². The SMILES string of the molecule is O=[N+]([O-])c1c(OCCc2ccccc2)nc2sccn12.